The Morgan fingerprint density at radius 2 is 2.17 bits per heavy atom. The maximum atomic E-state index is 14.1. The molecular weight excluding hydrogens is 369 g/mol. The van der Waals surface area contributed by atoms with Gasteiger partial charge in [-0.2, -0.15) is 0 Å². The Morgan fingerprint density at radius 3 is 2.88 bits per heavy atom. The van der Waals surface area contributed by atoms with Crippen LogP contribution >= 0.6 is 34.7 Å². The molecule has 8 heteroatoms. The second kappa shape index (κ2) is 7.14. The van der Waals surface area contributed by atoms with Gasteiger partial charge < -0.3 is 5.73 Å². The fourth-order valence-corrected chi connectivity index (χ4v) is 4.24. The van der Waals surface area contributed by atoms with Crippen molar-refractivity contribution < 1.29 is 9.18 Å². The monoisotopic (exact) mass is 381 g/mol. The largest absolute Gasteiger partial charge is 0.326 e. The highest BCUT2D eigenvalue weighted by Gasteiger charge is 2.15. The number of ketones is 1. The number of aryl methyl sites for hydroxylation is 1. The van der Waals surface area contributed by atoms with E-state index in [1.165, 1.54) is 29.2 Å². The lowest BCUT2D eigenvalue weighted by molar-refractivity contribution is 0.102. The van der Waals surface area contributed by atoms with Crippen LogP contribution in [0.2, 0.25) is 5.02 Å². The van der Waals surface area contributed by atoms with Crippen LogP contribution in [0.15, 0.2) is 29.3 Å². The van der Waals surface area contributed by atoms with Gasteiger partial charge in [-0.15, -0.1) is 11.3 Å². The molecule has 0 radical (unpaired) electrons. The summed E-state index contributed by atoms with van der Waals surface area (Å²) in [5, 5.41) is 1.33. The summed E-state index contributed by atoms with van der Waals surface area (Å²) in [6, 6.07) is 6.46. The lowest BCUT2D eigenvalue weighted by atomic mass is 10.2. The van der Waals surface area contributed by atoms with Crippen molar-refractivity contribution in [2.45, 2.75) is 18.5 Å². The third kappa shape index (κ3) is 3.59. The van der Waals surface area contributed by atoms with Gasteiger partial charge in [-0.05, 0) is 31.2 Å². The molecule has 24 heavy (non-hydrogen) atoms. The lowest BCUT2D eigenvalue weighted by Crippen LogP contribution is -2.02. The maximum Gasteiger partial charge on any atom is 0.183 e. The van der Waals surface area contributed by atoms with Crippen LogP contribution in [-0.4, -0.2) is 21.5 Å². The Hall–Kier alpha value is -1.54. The highest BCUT2D eigenvalue weighted by molar-refractivity contribution is 8.00. The number of thiophene rings is 1. The first-order valence-electron chi connectivity index (χ1n) is 7.06. The Kier molecular flexibility index (Phi) is 5.15. The highest BCUT2D eigenvalue weighted by Crippen LogP contribution is 2.30. The minimum absolute atomic E-state index is 0.0170. The number of Topliss-reactive ketones (excluding diaryl/α,β-unsaturated/α-hetero) is 1. The van der Waals surface area contributed by atoms with E-state index in [1.54, 1.807) is 19.1 Å². The van der Waals surface area contributed by atoms with Crippen molar-refractivity contribution in [3.05, 3.63) is 50.7 Å². The van der Waals surface area contributed by atoms with Gasteiger partial charge in [0, 0.05) is 21.8 Å². The second-order valence-electron chi connectivity index (χ2n) is 5.04. The third-order valence-corrected chi connectivity index (χ3v) is 5.63. The fourth-order valence-electron chi connectivity index (χ4n) is 2.19. The number of halogens is 2. The zero-order valence-electron chi connectivity index (χ0n) is 12.7. The molecule has 2 aromatic heterocycles. The van der Waals surface area contributed by atoms with Gasteiger partial charge in [-0.1, -0.05) is 23.4 Å². The first-order valence-corrected chi connectivity index (χ1v) is 9.24. The van der Waals surface area contributed by atoms with Crippen molar-refractivity contribution in [1.29, 1.82) is 0 Å². The number of nitrogens with two attached hydrogens (primary N) is 1. The van der Waals surface area contributed by atoms with E-state index in [1.807, 2.05) is 6.07 Å². The molecule has 2 N–H and O–H groups in total. The number of hydrogen-bond donors (Lipinski definition) is 1. The molecule has 2 heterocycles. The standard InChI is InChI=1S/C16H13ClFN3OS2/c1-8-20-15-11(4-9(17)5-12(15)18)16(21-8)23-7-13(22)14-3-2-10(6-19)24-14/h2-5H,6-7,19H2,1H3. The van der Waals surface area contributed by atoms with E-state index in [0.717, 1.165) is 4.88 Å². The Morgan fingerprint density at radius 1 is 1.38 bits per heavy atom. The van der Waals surface area contributed by atoms with E-state index >= 15 is 0 Å². The number of carbonyl (C=O) groups excluding carboxylic acids is 1. The smallest absolute Gasteiger partial charge is 0.183 e. The molecule has 0 bridgehead atoms. The van der Waals surface area contributed by atoms with E-state index < -0.39 is 5.82 Å². The van der Waals surface area contributed by atoms with Gasteiger partial charge in [-0.25, -0.2) is 14.4 Å². The molecule has 3 aromatic rings. The molecule has 3 rings (SSSR count). The topological polar surface area (TPSA) is 68.9 Å². The lowest BCUT2D eigenvalue weighted by Gasteiger charge is -2.07. The van der Waals surface area contributed by atoms with Crippen LogP contribution in [0.4, 0.5) is 4.39 Å². The fraction of sp³-hybridized carbons (Fsp3) is 0.188. The highest BCUT2D eigenvalue weighted by atomic mass is 35.5. The van der Waals surface area contributed by atoms with Crippen LogP contribution in [0.1, 0.15) is 20.4 Å². The van der Waals surface area contributed by atoms with Crippen molar-refractivity contribution in [1.82, 2.24) is 9.97 Å². The predicted octanol–water partition coefficient (Wildman–Crippen LogP) is 4.23. The normalized spacial score (nSPS) is 11.2. The molecule has 0 aliphatic heterocycles. The molecule has 0 saturated heterocycles. The summed E-state index contributed by atoms with van der Waals surface area (Å²) in [6.45, 7) is 2.10. The van der Waals surface area contributed by atoms with Gasteiger partial charge in [0.1, 0.15) is 16.4 Å². The summed E-state index contributed by atoms with van der Waals surface area (Å²) < 4.78 is 14.1. The third-order valence-electron chi connectivity index (χ3n) is 3.27. The SMILES string of the molecule is Cc1nc(SCC(=O)c2ccc(CN)s2)c2cc(Cl)cc(F)c2n1. The number of nitrogens with zero attached hydrogens (tertiary/aromatic N) is 2. The van der Waals surface area contributed by atoms with Gasteiger partial charge in [0.25, 0.3) is 0 Å². The van der Waals surface area contributed by atoms with Crippen molar-refractivity contribution >= 4 is 51.4 Å². The van der Waals surface area contributed by atoms with E-state index in [0.29, 0.717) is 27.7 Å². The summed E-state index contributed by atoms with van der Waals surface area (Å²) >= 11 is 8.57. The Balaban J connectivity index is 1.88. The van der Waals surface area contributed by atoms with E-state index in [4.69, 9.17) is 17.3 Å². The summed E-state index contributed by atoms with van der Waals surface area (Å²) in [5.41, 5.74) is 5.78. The minimum atomic E-state index is -0.498. The number of fused-ring (bicyclic) bond motifs is 1. The van der Waals surface area contributed by atoms with E-state index in [9.17, 15) is 9.18 Å². The first-order chi connectivity index (χ1) is 11.5. The van der Waals surface area contributed by atoms with Crippen LogP contribution in [-0.2, 0) is 6.54 Å². The van der Waals surface area contributed by atoms with Crippen molar-refractivity contribution in [2.24, 2.45) is 5.73 Å². The molecule has 0 spiro atoms. The van der Waals surface area contributed by atoms with Gasteiger partial charge in [0.2, 0.25) is 0 Å². The Bertz CT molecular complexity index is 929. The average Bonchev–Trinajstić information content (AvgIpc) is 3.02. The van der Waals surface area contributed by atoms with E-state index in [2.05, 4.69) is 9.97 Å². The molecule has 124 valence electrons. The number of aromatic nitrogens is 2. The van der Waals surface area contributed by atoms with Crippen LogP contribution in [0.25, 0.3) is 10.9 Å². The molecule has 4 nitrogen and oxygen atoms in total. The van der Waals surface area contributed by atoms with Crippen LogP contribution in [0.5, 0.6) is 0 Å². The molecule has 0 fully saturated rings. The zero-order chi connectivity index (χ0) is 17.3. The van der Waals surface area contributed by atoms with Crippen molar-refractivity contribution in [2.75, 3.05) is 5.75 Å². The van der Waals surface area contributed by atoms with Crippen molar-refractivity contribution in [3.63, 3.8) is 0 Å². The number of benzene rings is 1. The Labute approximate surface area is 151 Å². The maximum absolute atomic E-state index is 14.1. The quantitative estimate of drug-likeness (QED) is 0.407. The molecule has 0 saturated carbocycles. The molecule has 0 aliphatic rings. The summed E-state index contributed by atoms with van der Waals surface area (Å²) in [6.07, 6.45) is 0. The number of rotatable bonds is 5. The van der Waals surface area contributed by atoms with Crippen molar-refractivity contribution in [3.8, 4) is 0 Å². The first kappa shape index (κ1) is 17.3. The molecule has 0 unspecified atom stereocenters. The van der Waals surface area contributed by atoms with Crippen LogP contribution < -0.4 is 5.73 Å². The summed E-state index contributed by atoms with van der Waals surface area (Å²) in [5.74, 6) is 0.128. The van der Waals surface area contributed by atoms with E-state index in [-0.39, 0.29) is 22.1 Å². The second-order valence-corrected chi connectivity index (χ2v) is 7.61. The minimum Gasteiger partial charge on any atom is -0.326 e. The molecule has 1 aromatic carbocycles. The average molecular weight is 382 g/mol. The number of carbonyl (C=O) groups is 1. The molecule has 0 amide bonds. The van der Waals surface area contributed by atoms with Gasteiger partial charge >= 0.3 is 0 Å². The van der Waals surface area contributed by atoms with Crippen LogP contribution in [0, 0.1) is 12.7 Å². The van der Waals surface area contributed by atoms with Gasteiger partial charge in [-0.3, -0.25) is 4.79 Å². The molecule has 0 aliphatic carbocycles. The van der Waals surface area contributed by atoms with Gasteiger partial charge in [0.05, 0.1) is 10.6 Å². The molecule has 0 atom stereocenters. The van der Waals surface area contributed by atoms with Crippen LogP contribution in [0.3, 0.4) is 0 Å². The number of thioether (sulfide) groups is 1. The van der Waals surface area contributed by atoms with Gasteiger partial charge in [0.15, 0.2) is 11.6 Å². The molecular formula is C16H13ClFN3OS2. The number of hydrogen-bond acceptors (Lipinski definition) is 6. The summed E-state index contributed by atoms with van der Waals surface area (Å²) in [7, 11) is 0. The summed E-state index contributed by atoms with van der Waals surface area (Å²) in [4.78, 5) is 22.4. The zero-order valence-corrected chi connectivity index (χ0v) is 15.1. The predicted molar refractivity (Wildman–Crippen MR) is 96.5 cm³/mol.